The lowest BCUT2D eigenvalue weighted by atomic mass is 10.0. The number of ether oxygens (including phenoxy) is 1. The number of hydrogen-bond acceptors (Lipinski definition) is 6. The highest BCUT2D eigenvalue weighted by Gasteiger charge is 2.26. The van der Waals surface area contributed by atoms with Crippen molar-refractivity contribution in [2.45, 2.75) is 38.7 Å². The number of aryl methyl sites for hydroxylation is 1. The van der Waals surface area contributed by atoms with E-state index in [2.05, 4.69) is 9.71 Å². The lowest BCUT2D eigenvalue weighted by Crippen LogP contribution is -2.34. The van der Waals surface area contributed by atoms with E-state index < -0.39 is 34.4 Å². The Balaban J connectivity index is 2.02. The molecule has 1 aromatic carbocycles. The Morgan fingerprint density at radius 2 is 1.75 bits per heavy atom. The summed E-state index contributed by atoms with van der Waals surface area (Å²) in [6.45, 7) is 5.48. The number of ketones is 2. The molecule has 2 rings (SSSR count). The van der Waals surface area contributed by atoms with E-state index in [0.29, 0.717) is 16.8 Å². The van der Waals surface area contributed by atoms with Gasteiger partial charge in [-0.2, -0.15) is 4.72 Å². The van der Waals surface area contributed by atoms with E-state index in [0.717, 1.165) is 0 Å². The summed E-state index contributed by atoms with van der Waals surface area (Å²) < 4.78 is 31.4. The fraction of sp³-hybridized carbons (Fsp3) is 0.316. The van der Waals surface area contributed by atoms with Gasteiger partial charge in [0.25, 0.3) is 0 Å². The van der Waals surface area contributed by atoms with Crippen molar-refractivity contribution in [3.8, 4) is 0 Å². The Kier molecular flexibility index (Phi) is 6.52. The van der Waals surface area contributed by atoms with Crippen molar-refractivity contribution in [1.29, 1.82) is 0 Å². The number of hydrogen-bond donors (Lipinski definition) is 2. The molecule has 0 aliphatic carbocycles. The molecule has 0 radical (unpaired) electrons. The minimum Gasteiger partial charge on any atom is -0.453 e. The Morgan fingerprint density at radius 3 is 2.29 bits per heavy atom. The van der Waals surface area contributed by atoms with Crippen molar-refractivity contribution in [2.75, 3.05) is 6.54 Å². The second kappa shape index (κ2) is 8.49. The highest BCUT2D eigenvalue weighted by Crippen LogP contribution is 2.20. The Morgan fingerprint density at radius 1 is 1.14 bits per heavy atom. The third-order valence-corrected chi connectivity index (χ3v) is 5.59. The van der Waals surface area contributed by atoms with Crippen molar-refractivity contribution in [1.82, 2.24) is 9.71 Å². The maximum Gasteiger partial charge on any atom is 0.321 e. The minimum absolute atomic E-state index is 0.0150. The standard InChI is InChI=1S/C19H22N2O6S/c1-11-17(13(3)22)12(2)21-18(11)19(24)14(4)27-16(23)10-20-28(25,26)15-8-6-5-7-9-15/h5-9,14,20-21H,10H2,1-4H3/t14-/m1/s1. The molecule has 0 aliphatic rings. The third-order valence-electron chi connectivity index (χ3n) is 4.17. The van der Waals surface area contributed by atoms with Crippen LogP contribution in [-0.4, -0.2) is 43.6 Å². The summed E-state index contributed by atoms with van der Waals surface area (Å²) in [5.74, 6) is -1.58. The topological polar surface area (TPSA) is 122 Å². The predicted octanol–water partition coefficient (Wildman–Crippen LogP) is 1.93. The molecule has 0 fully saturated rings. The van der Waals surface area contributed by atoms with E-state index in [-0.39, 0.29) is 16.4 Å². The molecule has 0 spiro atoms. The molecule has 2 N–H and O–H groups in total. The summed E-state index contributed by atoms with van der Waals surface area (Å²) in [6.07, 6.45) is -1.15. The van der Waals surface area contributed by atoms with Gasteiger partial charge in [0.05, 0.1) is 10.6 Å². The van der Waals surface area contributed by atoms with Gasteiger partial charge in [-0.3, -0.25) is 14.4 Å². The fourth-order valence-electron chi connectivity index (χ4n) is 2.86. The van der Waals surface area contributed by atoms with Gasteiger partial charge >= 0.3 is 5.97 Å². The summed E-state index contributed by atoms with van der Waals surface area (Å²) >= 11 is 0. The van der Waals surface area contributed by atoms with E-state index in [4.69, 9.17) is 4.74 Å². The smallest absolute Gasteiger partial charge is 0.321 e. The van der Waals surface area contributed by atoms with Gasteiger partial charge in [-0.15, -0.1) is 0 Å². The molecule has 9 heteroatoms. The van der Waals surface area contributed by atoms with Crippen molar-refractivity contribution in [3.05, 3.63) is 52.8 Å². The molecule has 0 amide bonds. The first-order chi connectivity index (χ1) is 13.0. The highest BCUT2D eigenvalue weighted by molar-refractivity contribution is 7.89. The number of sulfonamides is 1. The fourth-order valence-corrected chi connectivity index (χ4v) is 3.85. The first-order valence-corrected chi connectivity index (χ1v) is 10.0. The summed E-state index contributed by atoms with van der Waals surface area (Å²) in [5.41, 5.74) is 1.66. The van der Waals surface area contributed by atoms with Gasteiger partial charge in [0.2, 0.25) is 15.8 Å². The molecular formula is C19H22N2O6S. The van der Waals surface area contributed by atoms with Crippen LogP contribution in [0.2, 0.25) is 0 Å². The molecule has 8 nitrogen and oxygen atoms in total. The highest BCUT2D eigenvalue weighted by atomic mass is 32.2. The average Bonchev–Trinajstić information content (AvgIpc) is 2.94. The van der Waals surface area contributed by atoms with Gasteiger partial charge in [-0.1, -0.05) is 18.2 Å². The van der Waals surface area contributed by atoms with Gasteiger partial charge in [0.15, 0.2) is 11.9 Å². The monoisotopic (exact) mass is 406 g/mol. The number of carbonyl (C=O) groups excluding carboxylic acids is 3. The number of rotatable bonds is 8. The van der Waals surface area contributed by atoms with Crippen LogP contribution in [-0.2, 0) is 19.6 Å². The molecule has 150 valence electrons. The summed E-state index contributed by atoms with van der Waals surface area (Å²) in [4.78, 5) is 39.1. The quantitative estimate of drug-likeness (QED) is 0.510. The van der Waals surface area contributed by atoms with Crippen LogP contribution >= 0.6 is 0 Å². The first kappa shape index (κ1) is 21.5. The van der Waals surface area contributed by atoms with Crippen molar-refractivity contribution in [2.24, 2.45) is 0 Å². The Labute approximate surface area is 163 Å². The number of esters is 1. The van der Waals surface area contributed by atoms with E-state index in [9.17, 15) is 22.8 Å². The Bertz CT molecular complexity index is 1010. The van der Waals surface area contributed by atoms with Crippen molar-refractivity contribution < 1.29 is 27.5 Å². The van der Waals surface area contributed by atoms with Crippen molar-refractivity contribution in [3.63, 3.8) is 0 Å². The number of Topliss-reactive ketones (excluding diaryl/α,β-unsaturated/α-hetero) is 2. The molecule has 0 aliphatic heterocycles. The van der Waals surface area contributed by atoms with Crippen LogP contribution < -0.4 is 4.72 Å². The number of aromatic amines is 1. The van der Waals surface area contributed by atoms with Gasteiger partial charge in [-0.05, 0) is 45.4 Å². The molecule has 28 heavy (non-hydrogen) atoms. The van der Waals surface area contributed by atoms with Crippen LogP contribution in [0, 0.1) is 13.8 Å². The zero-order chi connectivity index (χ0) is 21.1. The van der Waals surface area contributed by atoms with E-state index in [1.807, 2.05) is 0 Å². The van der Waals surface area contributed by atoms with Crippen LogP contribution in [0.3, 0.4) is 0 Å². The number of aromatic nitrogens is 1. The second-order valence-electron chi connectivity index (χ2n) is 6.32. The van der Waals surface area contributed by atoms with Crippen LogP contribution in [0.4, 0.5) is 0 Å². The lowest BCUT2D eigenvalue weighted by molar-refractivity contribution is -0.144. The number of carbonyl (C=O) groups is 3. The number of nitrogens with one attached hydrogen (secondary N) is 2. The SMILES string of the molecule is CC(=O)c1c(C)[nH]c(C(=O)[C@@H](C)OC(=O)CNS(=O)(=O)c2ccccc2)c1C. The van der Waals surface area contributed by atoms with Gasteiger partial charge in [0, 0.05) is 11.3 Å². The summed E-state index contributed by atoms with van der Waals surface area (Å²) in [7, 11) is -3.86. The molecule has 1 heterocycles. The zero-order valence-corrected chi connectivity index (χ0v) is 16.8. The number of H-pyrrole nitrogens is 1. The number of benzene rings is 1. The van der Waals surface area contributed by atoms with Gasteiger partial charge in [0.1, 0.15) is 6.54 Å². The molecule has 0 bridgehead atoms. The van der Waals surface area contributed by atoms with Crippen LogP contribution in [0.1, 0.15) is 46.0 Å². The predicted molar refractivity (Wildman–Crippen MR) is 102 cm³/mol. The van der Waals surface area contributed by atoms with Crippen molar-refractivity contribution >= 4 is 27.6 Å². The summed E-state index contributed by atoms with van der Waals surface area (Å²) in [6, 6.07) is 7.57. The van der Waals surface area contributed by atoms with E-state index >= 15 is 0 Å². The minimum atomic E-state index is -3.86. The summed E-state index contributed by atoms with van der Waals surface area (Å²) in [5, 5.41) is 0. The molecule has 0 saturated carbocycles. The average molecular weight is 406 g/mol. The molecule has 2 aromatic rings. The molecular weight excluding hydrogens is 384 g/mol. The third kappa shape index (κ3) is 4.73. The van der Waals surface area contributed by atoms with E-state index in [1.54, 1.807) is 32.0 Å². The maximum absolute atomic E-state index is 12.6. The van der Waals surface area contributed by atoms with Crippen LogP contribution in [0.25, 0.3) is 0 Å². The molecule has 1 atom stereocenters. The normalized spacial score (nSPS) is 12.4. The largest absolute Gasteiger partial charge is 0.453 e. The maximum atomic E-state index is 12.6. The van der Waals surface area contributed by atoms with Gasteiger partial charge in [-0.25, -0.2) is 8.42 Å². The van der Waals surface area contributed by atoms with Crippen LogP contribution in [0.15, 0.2) is 35.2 Å². The van der Waals surface area contributed by atoms with Gasteiger partial charge < -0.3 is 9.72 Å². The van der Waals surface area contributed by atoms with E-state index in [1.165, 1.54) is 26.0 Å². The Hall–Kier alpha value is -2.78. The van der Waals surface area contributed by atoms with Crippen LogP contribution in [0.5, 0.6) is 0 Å². The first-order valence-electron chi connectivity index (χ1n) is 8.53. The molecule has 1 aromatic heterocycles. The second-order valence-corrected chi connectivity index (χ2v) is 8.08. The lowest BCUT2D eigenvalue weighted by Gasteiger charge is -2.13. The zero-order valence-electron chi connectivity index (χ0n) is 16.0. The molecule has 0 unspecified atom stereocenters. The molecule has 0 saturated heterocycles.